The number of aliphatic carboxylic acids is 1. The van der Waals surface area contributed by atoms with Crippen LogP contribution in [0, 0.1) is 11.8 Å². The van der Waals surface area contributed by atoms with E-state index in [2.05, 4.69) is 67.7 Å². The van der Waals surface area contributed by atoms with Gasteiger partial charge in [0.15, 0.2) is 16.6 Å². The third-order valence-corrected chi connectivity index (χ3v) is 18.6. The van der Waals surface area contributed by atoms with Gasteiger partial charge in [0.25, 0.3) is 0 Å². The van der Waals surface area contributed by atoms with Crippen molar-refractivity contribution in [2.75, 3.05) is 7.11 Å². The molecule has 38 heavy (non-hydrogen) atoms. The lowest BCUT2D eigenvalue weighted by molar-refractivity contribution is -0.141. The predicted molar refractivity (Wildman–Crippen MR) is 162 cm³/mol. The molecular formula is C30H60O6Si2. The van der Waals surface area contributed by atoms with Crippen LogP contribution in [0.3, 0.4) is 0 Å². The predicted octanol–water partition coefficient (Wildman–Crippen LogP) is 8.56. The average molecular weight is 573 g/mol. The standard InChI is InChI=1S/C30H60O6Si2/c1-29(2,3)37(8,9)35-25-22-26(36-38(10,11)30(4,5)6)24(19-16-17-20-27(31)32)23(25)18-14-12-13-15-21-28(33)34-7/h23-26H,12-22H2,1-11H3,(H,31,32). The lowest BCUT2D eigenvalue weighted by Crippen LogP contribution is -2.45. The highest BCUT2D eigenvalue weighted by atomic mass is 28.4. The SMILES string of the molecule is COC(=O)CCCCCCC1C(O[Si](C)(C)C(C)(C)C)CC(O[Si](C)(C)C(C)(C)C)C1CCCCC(=O)O. The number of esters is 1. The van der Waals surface area contributed by atoms with E-state index in [-0.39, 0.29) is 34.7 Å². The summed E-state index contributed by atoms with van der Waals surface area (Å²) < 4.78 is 19.0. The monoisotopic (exact) mass is 572 g/mol. The van der Waals surface area contributed by atoms with Gasteiger partial charge in [0.1, 0.15) is 0 Å². The second-order valence-electron chi connectivity index (χ2n) is 14.6. The normalized spacial score (nSPS) is 23.0. The minimum Gasteiger partial charge on any atom is -0.481 e. The molecule has 0 heterocycles. The first-order valence-electron chi connectivity index (χ1n) is 15.0. The number of unbranched alkanes of at least 4 members (excludes halogenated alkanes) is 4. The summed E-state index contributed by atoms with van der Waals surface area (Å²) in [5.41, 5.74) is 0. The van der Waals surface area contributed by atoms with Gasteiger partial charge in [-0.3, -0.25) is 9.59 Å². The Labute approximate surface area is 236 Å². The van der Waals surface area contributed by atoms with Crippen LogP contribution in [0.5, 0.6) is 0 Å². The van der Waals surface area contributed by atoms with E-state index in [4.69, 9.17) is 13.6 Å². The topological polar surface area (TPSA) is 82.1 Å². The molecule has 0 aromatic rings. The molecule has 4 atom stereocenters. The molecule has 1 fully saturated rings. The lowest BCUT2D eigenvalue weighted by Gasteiger charge is -2.40. The molecule has 1 aliphatic carbocycles. The molecule has 1 aliphatic rings. The van der Waals surface area contributed by atoms with Gasteiger partial charge < -0.3 is 18.7 Å². The summed E-state index contributed by atoms with van der Waals surface area (Å²) in [6.07, 6.45) is 9.85. The van der Waals surface area contributed by atoms with E-state index >= 15 is 0 Å². The van der Waals surface area contributed by atoms with E-state index in [1.807, 2.05) is 0 Å². The van der Waals surface area contributed by atoms with Crippen LogP contribution in [0.2, 0.25) is 36.3 Å². The molecule has 0 saturated heterocycles. The Hall–Kier alpha value is -0.706. The van der Waals surface area contributed by atoms with Gasteiger partial charge in [-0.15, -0.1) is 0 Å². The third kappa shape index (κ3) is 11.0. The number of carboxylic acid groups (broad SMARTS) is 1. The second kappa shape index (κ2) is 14.8. The molecule has 8 heteroatoms. The van der Waals surface area contributed by atoms with Crippen molar-refractivity contribution in [3.05, 3.63) is 0 Å². The zero-order chi connectivity index (χ0) is 29.4. The van der Waals surface area contributed by atoms with Gasteiger partial charge in [-0.2, -0.15) is 0 Å². The molecule has 0 aliphatic heterocycles. The van der Waals surface area contributed by atoms with Crippen molar-refractivity contribution in [2.24, 2.45) is 11.8 Å². The minimum absolute atomic E-state index is 0.129. The maximum Gasteiger partial charge on any atom is 0.305 e. The summed E-state index contributed by atoms with van der Waals surface area (Å²) in [7, 11) is -2.50. The quantitative estimate of drug-likeness (QED) is 0.113. The average Bonchev–Trinajstić information content (AvgIpc) is 3.06. The zero-order valence-corrected chi connectivity index (χ0v) is 28.6. The fourth-order valence-electron chi connectivity index (χ4n) is 5.07. The maximum atomic E-state index is 11.5. The summed E-state index contributed by atoms with van der Waals surface area (Å²) in [6.45, 7) is 23.2. The largest absolute Gasteiger partial charge is 0.481 e. The Morgan fingerprint density at radius 1 is 0.711 bits per heavy atom. The Morgan fingerprint density at radius 2 is 1.11 bits per heavy atom. The first-order chi connectivity index (χ1) is 17.3. The number of hydrogen-bond acceptors (Lipinski definition) is 5. The first kappa shape index (κ1) is 35.3. The van der Waals surface area contributed by atoms with Crippen LogP contribution in [-0.4, -0.2) is 53.0 Å². The Bertz CT molecular complexity index is 738. The minimum atomic E-state index is -1.98. The van der Waals surface area contributed by atoms with Crippen LogP contribution in [0.15, 0.2) is 0 Å². The van der Waals surface area contributed by atoms with Crippen LogP contribution >= 0.6 is 0 Å². The van der Waals surface area contributed by atoms with Crippen molar-refractivity contribution in [2.45, 2.75) is 161 Å². The second-order valence-corrected chi connectivity index (χ2v) is 24.1. The van der Waals surface area contributed by atoms with E-state index in [9.17, 15) is 14.7 Å². The molecule has 0 aromatic heterocycles. The highest BCUT2D eigenvalue weighted by Crippen LogP contribution is 2.49. The van der Waals surface area contributed by atoms with Crippen LogP contribution in [0.1, 0.15) is 112 Å². The molecule has 4 unspecified atom stereocenters. The van der Waals surface area contributed by atoms with Crippen LogP contribution < -0.4 is 0 Å². The van der Waals surface area contributed by atoms with Crippen molar-refractivity contribution in [3.8, 4) is 0 Å². The molecule has 1 N–H and O–H groups in total. The molecule has 0 bridgehead atoms. The first-order valence-corrected chi connectivity index (χ1v) is 20.8. The summed E-state index contributed by atoms with van der Waals surface area (Å²) in [4.78, 5) is 22.6. The van der Waals surface area contributed by atoms with Gasteiger partial charge in [-0.25, -0.2) is 0 Å². The maximum absolute atomic E-state index is 11.5. The van der Waals surface area contributed by atoms with E-state index in [1.54, 1.807) is 0 Å². The molecule has 1 rings (SSSR count). The molecule has 0 amide bonds. The summed E-state index contributed by atoms with van der Waals surface area (Å²) in [5.74, 6) is -0.0316. The van der Waals surface area contributed by atoms with E-state index < -0.39 is 22.6 Å². The van der Waals surface area contributed by atoms with Crippen molar-refractivity contribution in [1.29, 1.82) is 0 Å². The molecule has 224 valence electrons. The van der Waals surface area contributed by atoms with Crippen LogP contribution in [0.4, 0.5) is 0 Å². The number of hydrogen-bond donors (Lipinski definition) is 1. The van der Waals surface area contributed by atoms with Gasteiger partial charge >= 0.3 is 11.9 Å². The number of rotatable bonds is 16. The zero-order valence-electron chi connectivity index (χ0n) is 26.6. The molecule has 0 aromatic carbocycles. The van der Waals surface area contributed by atoms with Gasteiger partial charge in [-0.1, -0.05) is 67.2 Å². The van der Waals surface area contributed by atoms with Crippen molar-refractivity contribution in [3.63, 3.8) is 0 Å². The molecule has 6 nitrogen and oxygen atoms in total. The van der Waals surface area contributed by atoms with Crippen molar-refractivity contribution >= 4 is 28.6 Å². The van der Waals surface area contributed by atoms with Crippen molar-refractivity contribution < 1.29 is 28.3 Å². The Morgan fingerprint density at radius 3 is 1.50 bits per heavy atom. The summed E-state index contributed by atoms with van der Waals surface area (Å²) in [6, 6.07) is 0. The van der Waals surface area contributed by atoms with Gasteiger partial charge in [0, 0.05) is 12.8 Å². The Kier molecular flexibility index (Phi) is 13.7. The van der Waals surface area contributed by atoms with E-state index in [1.165, 1.54) is 7.11 Å². The smallest absolute Gasteiger partial charge is 0.305 e. The molecule has 0 radical (unpaired) electrons. The molecular weight excluding hydrogens is 512 g/mol. The summed E-state index contributed by atoms with van der Waals surface area (Å²) >= 11 is 0. The van der Waals surface area contributed by atoms with Gasteiger partial charge in [0.05, 0.1) is 19.3 Å². The number of ether oxygens (including phenoxy) is 1. The fourth-order valence-corrected chi connectivity index (χ4v) is 7.84. The third-order valence-electron chi connectivity index (χ3n) is 9.55. The number of methoxy groups -OCH3 is 1. The van der Waals surface area contributed by atoms with E-state index in [0.717, 1.165) is 51.4 Å². The number of carbonyl (C=O) groups is 2. The van der Waals surface area contributed by atoms with E-state index in [0.29, 0.717) is 24.7 Å². The van der Waals surface area contributed by atoms with Gasteiger partial charge in [0.2, 0.25) is 0 Å². The highest BCUT2D eigenvalue weighted by Gasteiger charge is 2.50. The van der Waals surface area contributed by atoms with Crippen LogP contribution in [0.25, 0.3) is 0 Å². The molecule has 1 saturated carbocycles. The van der Waals surface area contributed by atoms with Crippen LogP contribution in [-0.2, 0) is 23.2 Å². The van der Waals surface area contributed by atoms with Gasteiger partial charge in [-0.05, 0) is 80.2 Å². The number of carbonyl (C=O) groups excluding carboxylic acids is 1. The number of carboxylic acids is 1. The lowest BCUT2D eigenvalue weighted by atomic mass is 9.85. The van der Waals surface area contributed by atoms with Crippen molar-refractivity contribution in [1.82, 2.24) is 0 Å². The highest BCUT2D eigenvalue weighted by molar-refractivity contribution is 6.74. The fraction of sp³-hybridized carbons (Fsp3) is 0.933. The summed E-state index contributed by atoms with van der Waals surface area (Å²) in [5, 5.41) is 9.44. The molecule has 0 spiro atoms. The Balaban J connectivity index is 3.12.